The van der Waals surface area contributed by atoms with Gasteiger partial charge in [0.1, 0.15) is 18.8 Å². The molecule has 2 aliphatic heterocycles. The molecule has 3 heterocycles. The zero-order valence-electron chi connectivity index (χ0n) is 18.5. The number of nitrogens with one attached hydrogen (secondary N) is 1. The quantitative estimate of drug-likeness (QED) is 0.304. The minimum absolute atomic E-state index is 0.0499. The number of ether oxygens (including phenoxy) is 5. The van der Waals surface area contributed by atoms with Crippen molar-refractivity contribution in [3.8, 4) is 0 Å². The summed E-state index contributed by atoms with van der Waals surface area (Å²) in [5.74, 6) is -0.911. The Hall–Kier alpha value is -3.39. The largest absolute Gasteiger partial charge is 0.509 e. The van der Waals surface area contributed by atoms with E-state index in [2.05, 4.69) is 10.5 Å². The number of anilines is 1. The fourth-order valence-corrected chi connectivity index (χ4v) is 3.07. The Kier molecular flexibility index (Phi) is 7.38. The average molecular weight is 470 g/mol. The smallest absolute Gasteiger partial charge is 0.432 e. The summed E-state index contributed by atoms with van der Waals surface area (Å²) < 4.78 is 26.9. The highest BCUT2D eigenvalue weighted by Crippen LogP contribution is 2.37. The first kappa shape index (κ1) is 24.3. The summed E-state index contributed by atoms with van der Waals surface area (Å²) in [5, 5.41) is 0. The Balaban J connectivity index is 1.67. The summed E-state index contributed by atoms with van der Waals surface area (Å²) in [6.45, 7) is 6.53. The van der Waals surface area contributed by atoms with Crippen molar-refractivity contribution in [3.63, 3.8) is 0 Å². The molecular weight excluding hydrogens is 444 g/mol. The van der Waals surface area contributed by atoms with E-state index in [-0.39, 0.29) is 24.4 Å². The van der Waals surface area contributed by atoms with E-state index >= 15 is 0 Å². The molecule has 3 N–H and O–H groups in total. The van der Waals surface area contributed by atoms with Crippen molar-refractivity contribution < 1.29 is 42.9 Å². The number of carbonyl (C=O) groups is 3. The first-order valence-electron chi connectivity index (χ1n) is 10.2. The fourth-order valence-electron chi connectivity index (χ4n) is 3.07. The molecule has 0 radical (unpaired) electrons. The molecule has 0 aliphatic carbocycles. The molecule has 0 bridgehead atoms. The van der Waals surface area contributed by atoms with Gasteiger partial charge < -0.3 is 34.3 Å². The summed E-state index contributed by atoms with van der Waals surface area (Å²) in [6.07, 6.45) is -4.84. The van der Waals surface area contributed by atoms with Crippen LogP contribution < -0.4 is 16.9 Å². The van der Waals surface area contributed by atoms with Crippen LogP contribution in [0.25, 0.3) is 0 Å². The number of nitrogens with two attached hydrogens (primary N) is 1. The van der Waals surface area contributed by atoms with Crippen molar-refractivity contribution in [3.05, 3.63) is 22.7 Å². The van der Waals surface area contributed by atoms with Crippen LogP contribution in [0.3, 0.4) is 0 Å². The standard InChI is InChI=1S/C19H26N4O10/c1-8(2)12(20)16(24)33-22-11-5-6-23(17(25)21-11)15-14-13(31-19(27)32-14)10(30-15)7-28-18(26)29-9(3)4/h5-6,8-10,12-15H,7,20H2,1-4H3,(H,21,22,25)/t10-,12-,13-,14-,15-/m1/s1. The van der Waals surface area contributed by atoms with Crippen molar-refractivity contribution in [2.45, 2.75) is 64.4 Å². The molecule has 3 rings (SSSR count). The molecule has 0 unspecified atom stereocenters. The summed E-state index contributed by atoms with van der Waals surface area (Å²) in [7, 11) is 0. The number of nitrogens with zero attached hydrogens (tertiary/aromatic N) is 2. The van der Waals surface area contributed by atoms with Crippen LogP contribution in [0.1, 0.15) is 33.9 Å². The van der Waals surface area contributed by atoms with Crippen LogP contribution in [0.5, 0.6) is 0 Å². The van der Waals surface area contributed by atoms with Gasteiger partial charge in [0.25, 0.3) is 0 Å². The van der Waals surface area contributed by atoms with E-state index in [0.29, 0.717) is 0 Å². The Morgan fingerprint density at radius 3 is 2.55 bits per heavy atom. The molecule has 2 fully saturated rings. The average Bonchev–Trinajstić information content (AvgIpc) is 3.27. The monoisotopic (exact) mass is 470 g/mol. The van der Waals surface area contributed by atoms with Gasteiger partial charge in [-0.15, -0.1) is 0 Å². The van der Waals surface area contributed by atoms with Crippen molar-refractivity contribution in [1.82, 2.24) is 9.55 Å². The third-order valence-electron chi connectivity index (χ3n) is 4.80. The van der Waals surface area contributed by atoms with E-state index < -0.39 is 54.6 Å². The minimum Gasteiger partial charge on any atom is -0.432 e. The molecule has 2 saturated heterocycles. The maximum absolute atomic E-state index is 12.6. The number of hydrogen-bond donors (Lipinski definition) is 2. The van der Waals surface area contributed by atoms with Gasteiger partial charge in [0.15, 0.2) is 24.3 Å². The summed E-state index contributed by atoms with van der Waals surface area (Å²) in [6, 6.07) is 0.491. The minimum atomic E-state index is -1.10. The SMILES string of the molecule is CC(C)OC(=O)OC[C@H]1O[C@@H](n2ccc(NOC(=O)[C@H](N)C(C)C)nc2=O)[C@@H]2OC(=O)O[C@@H]21. The Morgan fingerprint density at radius 1 is 1.21 bits per heavy atom. The lowest BCUT2D eigenvalue weighted by Crippen LogP contribution is -2.38. The first-order chi connectivity index (χ1) is 15.6. The predicted molar refractivity (Wildman–Crippen MR) is 108 cm³/mol. The van der Waals surface area contributed by atoms with Crippen molar-refractivity contribution >= 4 is 24.1 Å². The zero-order valence-corrected chi connectivity index (χ0v) is 18.5. The van der Waals surface area contributed by atoms with E-state index in [1.807, 2.05) is 0 Å². The second-order valence-corrected chi connectivity index (χ2v) is 8.00. The molecular formula is C19H26N4O10. The van der Waals surface area contributed by atoms with Crippen LogP contribution in [0, 0.1) is 5.92 Å². The van der Waals surface area contributed by atoms with Gasteiger partial charge in [-0.25, -0.2) is 24.7 Å². The maximum Gasteiger partial charge on any atom is 0.509 e. The highest BCUT2D eigenvalue weighted by molar-refractivity contribution is 5.76. The zero-order chi connectivity index (χ0) is 24.3. The number of rotatable bonds is 8. The van der Waals surface area contributed by atoms with Crippen LogP contribution in [-0.4, -0.2) is 64.9 Å². The second kappa shape index (κ2) is 10.0. The molecule has 0 aromatic carbocycles. The van der Waals surface area contributed by atoms with Crippen LogP contribution in [0.15, 0.2) is 17.1 Å². The van der Waals surface area contributed by atoms with Gasteiger partial charge in [0.05, 0.1) is 6.10 Å². The maximum atomic E-state index is 12.6. The molecule has 0 spiro atoms. The molecule has 1 aromatic heterocycles. The number of fused-ring (bicyclic) bond motifs is 1. The van der Waals surface area contributed by atoms with Gasteiger partial charge in [-0.1, -0.05) is 13.8 Å². The highest BCUT2D eigenvalue weighted by Gasteiger charge is 2.55. The van der Waals surface area contributed by atoms with E-state index in [0.717, 1.165) is 4.57 Å². The molecule has 33 heavy (non-hydrogen) atoms. The Labute approximate surface area is 188 Å². The van der Waals surface area contributed by atoms with Crippen LogP contribution >= 0.6 is 0 Å². The van der Waals surface area contributed by atoms with Crippen molar-refractivity contribution in [1.29, 1.82) is 0 Å². The second-order valence-electron chi connectivity index (χ2n) is 8.00. The van der Waals surface area contributed by atoms with Crippen molar-refractivity contribution in [2.75, 3.05) is 12.1 Å². The van der Waals surface area contributed by atoms with Crippen LogP contribution in [-0.2, 0) is 33.3 Å². The third-order valence-corrected chi connectivity index (χ3v) is 4.80. The molecule has 2 aliphatic rings. The van der Waals surface area contributed by atoms with Crippen molar-refractivity contribution in [2.24, 2.45) is 11.7 Å². The lowest BCUT2D eigenvalue weighted by molar-refractivity contribution is -0.143. The van der Waals surface area contributed by atoms with Gasteiger partial charge in [0, 0.05) is 12.3 Å². The molecule has 182 valence electrons. The number of aromatic nitrogens is 2. The predicted octanol–water partition coefficient (Wildman–Crippen LogP) is 0.460. The lowest BCUT2D eigenvalue weighted by Gasteiger charge is -2.19. The Morgan fingerprint density at radius 2 is 1.91 bits per heavy atom. The fraction of sp³-hybridized carbons (Fsp3) is 0.632. The van der Waals surface area contributed by atoms with E-state index in [4.69, 9.17) is 34.3 Å². The van der Waals surface area contributed by atoms with E-state index in [9.17, 15) is 19.2 Å². The molecule has 14 heteroatoms. The van der Waals surface area contributed by atoms with Gasteiger partial charge in [0.2, 0.25) is 0 Å². The van der Waals surface area contributed by atoms with Crippen LogP contribution in [0.4, 0.5) is 15.4 Å². The Bertz CT molecular complexity index is 949. The van der Waals surface area contributed by atoms with Gasteiger partial charge in [-0.05, 0) is 19.8 Å². The molecule has 1 aromatic rings. The highest BCUT2D eigenvalue weighted by atomic mass is 16.8. The first-order valence-corrected chi connectivity index (χ1v) is 10.2. The van der Waals surface area contributed by atoms with E-state index in [1.165, 1.54) is 12.3 Å². The normalized spacial score (nSPS) is 24.6. The third kappa shape index (κ3) is 5.70. The summed E-state index contributed by atoms with van der Waals surface area (Å²) in [5.41, 5.74) is 7.17. The van der Waals surface area contributed by atoms with E-state index in [1.54, 1.807) is 27.7 Å². The molecule has 5 atom stereocenters. The summed E-state index contributed by atoms with van der Waals surface area (Å²) in [4.78, 5) is 56.3. The topological polar surface area (TPSA) is 180 Å². The number of carbonyl (C=O) groups excluding carboxylic acids is 3. The lowest BCUT2D eigenvalue weighted by atomic mass is 10.1. The van der Waals surface area contributed by atoms with Crippen LogP contribution in [0.2, 0.25) is 0 Å². The van der Waals surface area contributed by atoms with Gasteiger partial charge >= 0.3 is 24.0 Å². The van der Waals surface area contributed by atoms with Gasteiger partial charge in [-0.3, -0.25) is 4.57 Å². The number of hydrogen-bond acceptors (Lipinski definition) is 13. The summed E-state index contributed by atoms with van der Waals surface area (Å²) >= 11 is 0. The molecule has 0 amide bonds. The molecule has 14 nitrogen and oxygen atoms in total. The van der Waals surface area contributed by atoms with Gasteiger partial charge in [-0.2, -0.15) is 4.98 Å². The molecule has 0 saturated carbocycles.